The van der Waals surface area contributed by atoms with E-state index < -0.39 is 0 Å². The lowest BCUT2D eigenvalue weighted by molar-refractivity contribution is -0.122. The number of hydrogen-bond donors (Lipinski definition) is 1. The Hall–Kier alpha value is -1.07. The number of thioether (sulfide) groups is 1. The fourth-order valence-corrected chi connectivity index (χ4v) is 5.40. The van der Waals surface area contributed by atoms with Gasteiger partial charge in [0.05, 0.1) is 17.7 Å². The molecule has 0 spiro atoms. The number of carbonyl (C=O) groups excluding carboxylic acids is 1. The van der Waals surface area contributed by atoms with Gasteiger partial charge in [0.1, 0.15) is 5.75 Å². The minimum Gasteiger partial charge on any atom is -0.506 e. The summed E-state index contributed by atoms with van der Waals surface area (Å²) in [7, 11) is 0. The number of halogens is 2. The standard InChI is InChI=1S/C20H18I2N2O2S/c1-3-8-24-19(26)17(11-13-9-15(21)18(25)16(22)10-13)27-20(24)23-14-6-4-12(2)5-7-14/h4-7,9-11,25H,3,8H2,1-2H3/b17-11+,23-20?. The lowest BCUT2D eigenvalue weighted by Crippen LogP contribution is -2.29. The van der Waals surface area contributed by atoms with E-state index in [-0.39, 0.29) is 11.7 Å². The molecule has 1 amide bonds. The van der Waals surface area contributed by atoms with Gasteiger partial charge in [-0.05, 0) is 106 Å². The Labute approximate surface area is 190 Å². The van der Waals surface area contributed by atoms with Crippen LogP contribution in [0, 0.1) is 14.1 Å². The average Bonchev–Trinajstić information content (AvgIpc) is 2.91. The zero-order valence-electron chi connectivity index (χ0n) is 14.9. The summed E-state index contributed by atoms with van der Waals surface area (Å²) in [6.45, 7) is 4.72. The number of aliphatic imine (C=N–C) groups is 1. The predicted molar refractivity (Wildman–Crippen MR) is 129 cm³/mol. The quantitative estimate of drug-likeness (QED) is 0.348. The van der Waals surface area contributed by atoms with Crippen molar-refractivity contribution >= 4 is 79.8 Å². The highest BCUT2D eigenvalue weighted by Gasteiger charge is 2.32. The van der Waals surface area contributed by atoms with Crippen LogP contribution in [-0.4, -0.2) is 27.6 Å². The van der Waals surface area contributed by atoms with E-state index in [2.05, 4.69) is 45.2 Å². The molecule has 0 unspecified atom stereocenters. The molecular formula is C20H18I2N2O2S. The van der Waals surface area contributed by atoms with Crippen LogP contribution in [0.1, 0.15) is 24.5 Å². The van der Waals surface area contributed by atoms with Crippen LogP contribution in [0.4, 0.5) is 5.69 Å². The zero-order chi connectivity index (χ0) is 19.6. The van der Waals surface area contributed by atoms with Gasteiger partial charge < -0.3 is 5.11 Å². The van der Waals surface area contributed by atoms with E-state index in [0.29, 0.717) is 16.6 Å². The maximum atomic E-state index is 12.9. The molecule has 1 aliphatic heterocycles. The van der Waals surface area contributed by atoms with Crippen LogP contribution in [0.2, 0.25) is 0 Å². The fourth-order valence-electron chi connectivity index (χ4n) is 2.56. The van der Waals surface area contributed by atoms with E-state index in [1.165, 1.54) is 17.3 Å². The molecule has 2 aromatic carbocycles. The van der Waals surface area contributed by atoms with Crippen molar-refractivity contribution in [2.75, 3.05) is 6.54 Å². The van der Waals surface area contributed by atoms with Crippen LogP contribution in [0.25, 0.3) is 6.08 Å². The Morgan fingerprint density at radius 1 is 1.19 bits per heavy atom. The maximum absolute atomic E-state index is 12.9. The molecule has 27 heavy (non-hydrogen) atoms. The molecular weight excluding hydrogens is 586 g/mol. The Morgan fingerprint density at radius 2 is 1.81 bits per heavy atom. The first-order valence-electron chi connectivity index (χ1n) is 8.44. The second kappa shape index (κ2) is 8.95. The van der Waals surface area contributed by atoms with Crippen LogP contribution in [0.5, 0.6) is 5.75 Å². The third-order valence-electron chi connectivity index (χ3n) is 3.93. The molecule has 0 atom stereocenters. The second-order valence-electron chi connectivity index (χ2n) is 6.13. The van der Waals surface area contributed by atoms with Gasteiger partial charge in [0.25, 0.3) is 5.91 Å². The first-order chi connectivity index (χ1) is 12.9. The van der Waals surface area contributed by atoms with Gasteiger partial charge in [-0.3, -0.25) is 9.69 Å². The predicted octanol–water partition coefficient (Wildman–Crippen LogP) is 5.92. The minimum absolute atomic E-state index is 0.0224. The van der Waals surface area contributed by atoms with E-state index in [0.717, 1.165) is 24.8 Å². The fraction of sp³-hybridized carbons (Fsp3) is 0.200. The first-order valence-corrected chi connectivity index (χ1v) is 11.4. The summed E-state index contributed by atoms with van der Waals surface area (Å²) in [4.78, 5) is 20.0. The van der Waals surface area contributed by atoms with E-state index in [4.69, 9.17) is 4.99 Å². The molecule has 1 heterocycles. The topological polar surface area (TPSA) is 52.9 Å². The van der Waals surface area contributed by atoms with Gasteiger partial charge in [0.2, 0.25) is 0 Å². The SMILES string of the molecule is CCCN1C(=O)/C(=C\c2cc(I)c(O)c(I)c2)SC1=Nc1ccc(C)cc1. The number of nitrogens with zero attached hydrogens (tertiary/aromatic N) is 2. The molecule has 1 N–H and O–H groups in total. The normalized spacial score (nSPS) is 17.3. The molecule has 7 heteroatoms. The Bertz CT molecular complexity index is 916. The number of benzene rings is 2. The van der Waals surface area contributed by atoms with Crippen molar-refractivity contribution in [1.82, 2.24) is 4.90 Å². The van der Waals surface area contributed by atoms with Crippen LogP contribution in [-0.2, 0) is 4.79 Å². The van der Waals surface area contributed by atoms with Crippen LogP contribution < -0.4 is 0 Å². The zero-order valence-corrected chi connectivity index (χ0v) is 20.0. The van der Waals surface area contributed by atoms with E-state index in [1.807, 2.05) is 56.3 Å². The van der Waals surface area contributed by atoms with Crippen LogP contribution in [0.15, 0.2) is 46.3 Å². The van der Waals surface area contributed by atoms with Gasteiger partial charge in [-0.1, -0.05) is 24.6 Å². The highest BCUT2D eigenvalue weighted by molar-refractivity contribution is 14.1. The van der Waals surface area contributed by atoms with Gasteiger partial charge in [0.15, 0.2) is 5.17 Å². The average molecular weight is 604 g/mol. The van der Waals surface area contributed by atoms with Gasteiger partial charge in [-0.25, -0.2) is 4.99 Å². The number of phenols is 1. The molecule has 140 valence electrons. The largest absolute Gasteiger partial charge is 0.506 e. The number of amidine groups is 1. The van der Waals surface area contributed by atoms with Crippen molar-refractivity contribution < 1.29 is 9.90 Å². The van der Waals surface area contributed by atoms with Crippen molar-refractivity contribution in [1.29, 1.82) is 0 Å². The summed E-state index contributed by atoms with van der Waals surface area (Å²) in [5.41, 5.74) is 2.91. The summed E-state index contributed by atoms with van der Waals surface area (Å²) in [6, 6.07) is 11.7. The number of aromatic hydroxyl groups is 1. The van der Waals surface area contributed by atoms with Crippen molar-refractivity contribution in [3.8, 4) is 5.75 Å². The molecule has 0 aliphatic carbocycles. The van der Waals surface area contributed by atoms with Gasteiger partial charge in [0, 0.05) is 6.54 Å². The van der Waals surface area contributed by atoms with Crippen molar-refractivity contribution in [2.24, 2.45) is 4.99 Å². The minimum atomic E-state index is -0.0224. The lowest BCUT2D eigenvalue weighted by atomic mass is 10.2. The van der Waals surface area contributed by atoms with Crippen molar-refractivity contribution in [2.45, 2.75) is 20.3 Å². The molecule has 3 rings (SSSR count). The third-order valence-corrected chi connectivity index (χ3v) is 6.58. The number of carbonyl (C=O) groups is 1. The summed E-state index contributed by atoms with van der Waals surface area (Å²) in [5, 5.41) is 10.7. The Kier molecular flexibility index (Phi) is 6.85. The lowest BCUT2D eigenvalue weighted by Gasteiger charge is -2.14. The molecule has 2 aromatic rings. The first kappa shape index (κ1) is 20.7. The van der Waals surface area contributed by atoms with E-state index >= 15 is 0 Å². The summed E-state index contributed by atoms with van der Waals surface area (Å²) in [5.74, 6) is 0.254. The molecule has 0 aromatic heterocycles. The molecule has 0 saturated carbocycles. The summed E-state index contributed by atoms with van der Waals surface area (Å²) < 4.78 is 1.53. The Balaban J connectivity index is 1.96. The van der Waals surface area contributed by atoms with Gasteiger partial charge in [-0.15, -0.1) is 0 Å². The van der Waals surface area contributed by atoms with Gasteiger partial charge in [-0.2, -0.15) is 0 Å². The van der Waals surface area contributed by atoms with Crippen LogP contribution >= 0.6 is 56.9 Å². The number of hydrogen-bond acceptors (Lipinski definition) is 4. The molecule has 1 saturated heterocycles. The molecule has 4 nitrogen and oxygen atoms in total. The molecule has 1 fully saturated rings. The van der Waals surface area contributed by atoms with Crippen LogP contribution in [0.3, 0.4) is 0 Å². The number of aryl methyl sites for hydroxylation is 1. The number of phenolic OH excluding ortho intramolecular Hbond substituents is 1. The molecule has 0 radical (unpaired) electrons. The number of rotatable bonds is 4. The molecule has 1 aliphatic rings. The number of amides is 1. The monoisotopic (exact) mass is 604 g/mol. The maximum Gasteiger partial charge on any atom is 0.266 e. The highest BCUT2D eigenvalue weighted by Crippen LogP contribution is 2.35. The van der Waals surface area contributed by atoms with E-state index in [1.54, 1.807) is 4.90 Å². The second-order valence-corrected chi connectivity index (χ2v) is 9.46. The summed E-state index contributed by atoms with van der Waals surface area (Å²) in [6.07, 6.45) is 2.73. The van der Waals surface area contributed by atoms with Crippen molar-refractivity contribution in [3.05, 3.63) is 59.6 Å². The van der Waals surface area contributed by atoms with E-state index in [9.17, 15) is 9.90 Å². The highest BCUT2D eigenvalue weighted by atomic mass is 127. The van der Waals surface area contributed by atoms with Gasteiger partial charge >= 0.3 is 0 Å². The smallest absolute Gasteiger partial charge is 0.266 e. The molecule has 0 bridgehead atoms. The summed E-state index contributed by atoms with van der Waals surface area (Å²) >= 11 is 5.59. The Morgan fingerprint density at radius 3 is 2.41 bits per heavy atom. The third kappa shape index (κ3) is 4.86. The van der Waals surface area contributed by atoms with Crippen molar-refractivity contribution in [3.63, 3.8) is 0 Å².